The van der Waals surface area contributed by atoms with Crippen LogP contribution in [0.15, 0.2) is 97.2 Å². The number of aromatic nitrogens is 1. The van der Waals surface area contributed by atoms with E-state index in [1.165, 1.54) is 0 Å². The first kappa shape index (κ1) is 18.5. The molecule has 0 spiro atoms. The molecule has 4 aromatic rings. The summed E-state index contributed by atoms with van der Waals surface area (Å²) in [5.41, 5.74) is 4.97. The molecule has 0 radical (unpaired) electrons. The molecule has 2 amide bonds. The zero-order valence-corrected chi connectivity index (χ0v) is 17.0. The number of fused-ring (bicyclic) bond motifs is 3. The minimum absolute atomic E-state index is 0.171. The van der Waals surface area contributed by atoms with Crippen molar-refractivity contribution in [2.45, 2.75) is 12.6 Å². The van der Waals surface area contributed by atoms with Crippen LogP contribution in [0.2, 0.25) is 5.02 Å². The average molecular weight is 414 g/mol. The van der Waals surface area contributed by atoms with Gasteiger partial charge in [-0.2, -0.15) is 0 Å². The summed E-state index contributed by atoms with van der Waals surface area (Å²) in [7, 11) is 0. The van der Waals surface area contributed by atoms with Gasteiger partial charge in [0.05, 0.1) is 18.3 Å². The lowest BCUT2D eigenvalue weighted by Gasteiger charge is -2.31. The van der Waals surface area contributed by atoms with Gasteiger partial charge in [0.25, 0.3) is 0 Å². The third kappa shape index (κ3) is 3.36. The molecule has 0 saturated carbocycles. The number of benzene rings is 3. The molecule has 30 heavy (non-hydrogen) atoms. The van der Waals surface area contributed by atoms with Gasteiger partial charge in [-0.3, -0.25) is 0 Å². The second kappa shape index (κ2) is 7.73. The molecule has 0 fully saturated rings. The van der Waals surface area contributed by atoms with Crippen LogP contribution in [-0.4, -0.2) is 15.5 Å². The van der Waals surface area contributed by atoms with Crippen molar-refractivity contribution in [2.75, 3.05) is 5.32 Å². The van der Waals surface area contributed by atoms with E-state index in [1.807, 2.05) is 53.4 Å². The van der Waals surface area contributed by atoms with Gasteiger partial charge in [-0.15, -0.1) is 0 Å². The number of hydrogen-bond donors (Lipinski definition) is 1. The van der Waals surface area contributed by atoms with E-state index in [0.29, 0.717) is 17.3 Å². The Morgan fingerprint density at radius 1 is 0.900 bits per heavy atom. The molecule has 5 rings (SSSR count). The molecule has 0 aliphatic carbocycles. The van der Waals surface area contributed by atoms with Crippen molar-refractivity contribution < 1.29 is 4.79 Å². The van der Waals surface area contributed by atoms with Gasteiger partial charge in [-0.1, -0.05) is 66.2 Å². The molecule has 2 heterocycles. The van der Waals surface area contributed by atoms with Crippen LogP contribution >= 0.6 is 11.6 Å². The first-order valence-electron chi connectivity index (χ1n) is 9.84. The van der Waals surface area contributed by atoms with Crippen molar-refractivity contribution in [3.63, 3.8) is 0 Å². The maximum Gasteiger partial charge on any atom is 0.322 e. The number of nitrogens with one attached hydrogen (secondary N) is 1. The first-order valence-corrected chi connectivity index (χ1v) is 10.2. The summed E-state index contributed by atoms with van der Waals surface area (Å²) >= 11 is 6.12. The Kier molecular flexibility index (Phi) is 4.77. The average Bonchev–Trinajstić information content (AvgIpc) is 3.18. The van der Waals surface area contributed by atoms with Gasteiger partial charge in [0.15, 0.2) is 0 Å². The summed E-state index contributed by atoms with van der Waals surface area (Å²) in [5.74, 6) is 0. The van der Waals surface area contributed by atoms with Crippen molar-refractivity contribution in [3.8, 4) is 5.69 Å². The van der Waals surface area contributed by atoms with E-state index in [4.69, 9.17) is 11.6 Å². The second-order valence-corrected chi connectivity index (χ2v) is 7.75. The minimum atomic E-state index is -0.229. The summed E-state index contributed by atoms with van der Waals surface area (Å²) < 4.78 is 2.18. The number of halogens is 1. The molecule has 5 heteroatoms. The van der Waals surface area contributed by atoms with E-state index in [2.05, 4.69) is 46.4 Å². The summed E-state index contributed by atoms with van der Waals surface area (Å²) in [6, 6.07) is 29.3. The second-order valence-electron chi connectivity index (χ2n) is 7.31. The number of nitrogens with zero attached hydrogens (tertiary/aromatic N) is 2. The number of hydrogen-bond acceptors (Lipinski definition) is 1. The maximum atomic E-state index is 13.5. The zero-order chi connectivity index (χ0) is 20.5. The highest BCUT2D eigenvalue weighted by Crippen LogP contribution is 2.36. The van der Waals surface area contributed by atoms with Crippen LogP contribution in [-0.2, 0) is 6.54 Å². The van der Waals surface area contributed by atoms with Crippen LogP contribution in [0.5, 0.6) is 0 Å². The van der Waals surface area contributed by atoms with E-state index >= 15 is 0 Å². The number of urea groups is 1. The summed E-state index contributed by atoms with van der Waals surface area (Å²) in [6.45, 7) is 0.490. The Balaban J connectivity index is 1.63. The molecule has 1 aliphatic rings. The lowest BCUT2D eigenvalue weighted by atomic mass is 10.0. The Hall–Kier alpha value is -3.50. The number of para-hydroxylation sites is 1. The highest BCUT2D eigenvalue weighted by atomic mass is 35.5. The molecular weight excluding hydrogens is 394 g/mol. The van der Waals surface area contributed by atoms with Crippen LogP contribution in [0, 0.1) is 0 Å². The van der Waals surface area contributed by atoms with Gasteiger partial charge in [0.1, 0.15) is 0 Å². The molecule has 0 unspecified atom stereocenters. The van der Waals surface area contributed by atoms with Gasteiger partial charge >= 0.3 is 6.03 Å². The number of amides is 2. The molecule has 1 atom stereocenters. The van der Waals surface area contributed by atoms with Crippen LogP contribution in [0.4, 0.5) is 10.5 Å². The van der Waals surface area contributed by atoms with E-state index in [1.54, 1.807) is 12.1 Å². The van der Waals surface area contributed by atoms with Crippen molar-refractivity contribution in [1.29, 1.82) is 0 Å². The van der Waals surface area contributed by atoms with Crippen LogP contribution < -0.4 is 5.32 Å². The summed E-state index contributed by atoms with van der Waals surface area (Å²) in [6.07, 6.45) is 2.06. The Bertz CT molecular complexity index is 1200. The van der Waals surface area contributed by atoms with E-state index < -0.39 is 0 Å². The minimum Gasteiger partial charge on any atom is -0.318 e. The molecule has 1 aromatic heterocycles. The van der Waals surface area contributed by atoms with Crippen molar-refractivity contribution in [2.24, 2.45) is 0 Å². The van der Waals surface area contributed by atoms with Crippen molar-refractivity contribution in [1.82, 2.24) is 9.47 Å². The zero-order valence-electron chi connectivity index (χ0n) is 16.2. The predicted molar refractivity (Wildman–Crippen MR) is 120 cm³/mol. The molecule has 0 saturated heterocycles. The third-order valence-electron chi connectivity index (χ3n) is 5.42. The SMILES string of the molecule is O=C(Nc1cccc(Cl)c1)N1Cc2ccccc2-n2cccc2[C@@H]1c1ccccc1. The van der Waals surface area contributed by atoms with E-state index in [-0.39, 0.29) is 12.1 Å². The summed E-state index contributed by atoms with van der Waals surface area (Å²) in [5, 5.41) is 3.61. The molecule has 148 valence electrons. The molecule has 4 nitrogen and oxygen atoms in total. The Morgan fingerprint density at radius 2 is 1.70 bits per heavy atom. The fourth-order valence-corrected chi connectivity index (χ4v) is 4.28. The summed E-state index contributed by atoms with van der Waals surface area (Å²) in [4.78, 5) is 15.4. The Labute approximate surface area is 180 Å². The van der Waals surface area contributed by atoms with Gasteiger partial charge in [-0.05, 0) is 47.5 Å². The number of rotatable bonds is 2. The van der Waals surface area contributed by atoms with Crippen molar-refractivity contribution >= 4 is 23.3 Å². The molecular formula is C25H20ClN3O. The fourth-order valence-electron chi connectivity index (χ4n) is 4.09. The van der Waals surface area contributed by atoms with Gasteiger partial charge in [-0.25, -0.2) is 4.79 Å². The topological polar surface area (TPSA) is 37.3 Å². The normalized spacial score (nSPS) is 15.1. The third-order valence-corrected chi connectivity index (χ3v) is 5.65. The quantitative estimate of drug-likeness (QED) is 0.413. The number of carbonyl (C=O) groups is 1. The fraction of sp³-hybridized carbons (Fsp3) is 0.0800. The number of carbonyl (C=O) groups excluding carboxylic acids is 1. The molecule has 0 bridgehead atoms. The molecule has 1 aliphatic heterocycles. The van der Waals surface area contributed by atoms with Gasteiger partial charge in [0, 0.05) is 22.6 Å². The van der Waals surface area contributed by atoms with Crippen LogP contribution in [0.3, 0.4) is 0 Å². The van der Waals surface area contributed by atoms with Crippen LogP contribution in [0.1, 0.15) is 22.9 Å². The lowest BCUT2D eigenvalue weighted by molar-refractivity contribution is 0.194. The van der Waals surface area contributed by atoms with Crippen LogP contribution in [0.25, 0.3) is 5.69 Å². The van der Waals surface area contributed by atoms with E-state index in [0.717, 1.165) is 22.5 Å². The highest BCUT2D eigenvalue weighted by Gasteiger charge is 2.32. The van der Waals surface area contributed by atoms with Gasteiger partial charge < -0.3 is 14.8 Å². The maximum absolute atomic E-state index is 13.5. The smallest absolute Gasteiger partial charge is 0.318 e. The standard InChI is InChI=1S/C25H20ClN3O/c26-20-11-6-12-21(16-20)27-25(30)29-17-19-10-4-5-13-22(19)28-15-7-14-23(28)24(29)18-8-2-1-3-9-18/h1-16,24H,17H2,(H,27,30)/t24-/m0/s1. The molecule has 1 N–H and O–H groups in total. The number of anilines is 1. The predicted octanol–water partition coefficient (Wildman–Crippen LogP) is 6.27. The largest absolute Gasteiger partial charge is 0.322 e. The van der Waals surface area contributed by atoms with E-state index in [9.17, 15) is 4.79 Å². The van der Waals surface area contributed by atoms with Crippen molar-refractivity contribution in [3.05, 3.63) is 119 Å². The van der Waals surface area contributed by atoms with Gasteiger partial charge in [0.2, 0.25) is 0 Å². The first-order chi connectivity index (χ1) is 14.7. The highest BCUT2D eigenvalue weighted by molar-refractivity contribution is 6.30. The Morgan fingerprint density at radius 3 is 2.53 bits per heavy atom. The molecule has 3 aromatic carbocycles. The lowest BCUT2D eigenvalue weighted by Crippen LogP contribution is -2.37. The monoisotopic (exact) mass is 413 g/mol.